The SMILES string of the molecule is C[C@@H]1Cc2c([nH]c3ccccc23)[C@H](c2ccc(/C=C/C(=O)O)cc2)N1. The number of nitrogens with one attached hydrogen (secondary N) is 2. The smallest absolute Gasteiger partial charge is 0.328 e. The van der Waals surface area contributed by atoms with Crippen molar-refractivity contribution in [3.05, 3.63) is 77.0 Å². The highest BCUT2D eigenvalue weighted by atomic mass is 16.4. The molecular weight excluding hydrogens is 312 g/mol. The van der Waals surface area contributed by atoms with Crippen molar-refractivity contribution in [1.29, 1.82) is 0 Å². The number of carboxylic acid groups (broad SMARTS) is 1. The Kier molecular flexibility index (Phi) is 3.90. The van der Waals surface area contributed by atoms with Crippen molar-refractivity contribution < 1.29 is 9.90 Å². The second kappa shape index (κ2) is 6.22. The molecule has 4 heteroatoms. The average molecular weight is 332 g/mol. The summed E-state index contributed by atoms with van der Waals surface area (Å²) in [5, 5.41) is 13.7. The minimum atomic E-state index is -0.936. The van der Waals surface area contributed by atoms with Crippen LogP contribution in [-0.4, -0.2) is 22.1 Å². The number of fused-ring (bicyclic) bond motifs is 3. The summed E-state index contributed by atoms with van der Waals surface area (Å²) in [6, 6.07) is 17.0. The van der Waals surface area contributed by atoms with Gasteiger partial charge in [0.25, 0.3) is 0 Å². The first-order chi connectivity index (χ1) is 12.1. The van der Waals surface area contributed by atoms with E-state index < -0.39 is 5.97 Å². The zero-order chi connectivity index (χ0) is 17.4. The summed E-state index contributed by atoms with van der Waals surface area (Å²) in [4.78, 5) is 14.2. The lowest BCUT2D eigenvalue weighted by atomic mass is 9.90. The first-order valence-corrected chi connectivity index (χ1v) is 8.48. The second-order valence-electron chi connectivity index (χ2n) is 6.61. The predicted molar refractivity (Wildman–Crippen MR) is 99.6 cm³/mol. The van der Waals surface area contributed by atoms with E-state index in [0.717, 1.165) is 18.1 Å². The quantitative estimate of drug-likeness (QED) is 0.638. The molecule has 0 amide bonds. The standard InChI is InChI=1S/C21H20N2O2/c1-13-12-17-16-4-2-3-5-18(16)23-21(17)20(22-13)15-9-6-14(7-10-15)8-11-19(24)25/h2-11,13,20,22-23H,12H2,1H3,(H,24,25)/b11-8+/t13-,20+/m1/s1. The van der Waals surface area contributed by atoms with Crippen LogP contribution in [-0.2, 0) is 11.2 Å². The lowest BCUT2D eigenvalue weighted by Crippen LogP contribution is -2.37. The molecular formula is C21H20N2O2. The fourth-order valence-corrected chi connectivity index (χ4v) is 3.65. The Balaban J connectivity index is 1.73. The highest BCUT2D eigenvalue weighted by molar-refractivity contribution is 5.86. The van der Waals surface area contributed by atoms with E-state index in [0.29, 0.717) is 6.04 Å². The minimum Gasteiger partial charge on any atom is -0.478 e. The van der Waals surface area contributed by atoms with Gasteiger partial charge in [0, 0.05) is 28.7 Å². The summed E-state index contributed by atoms with van der Waals surface area (Å²) in [5.74, 6) is -0.936. The average Bonchev–Trinajstić information content (AvgIpc) is 2.98. The van der Waals surface area contributed by atoms with Crippen molar-refractivity contribution in [3.63, 3.8) is 0 Å². The molecule has 1 aliphatic heterocycles. The topological polar surface area (TPSA) is 65.1 Å². The van der Waals surface area contributed by atoms with Crippen LogP contribution in [0.15, 0.2) is 54.6 Å². The van der Waals surface area contributed by atoms with E-state index in [9.17, 15) is 4.79 Å². The van der Waals surface area contributed by atoms with Gasteiger partial charge in [0.1, 0.15) is 0 Å². The van der Waals surface area contributed by atoms with Gasteiger partial charge in [-0.25, -0.2) is 4.79 Å². The Morgan fingerprint density at radius 1 is 1.16 bits per heavy atom. The number of rotatable bonds is 3. The van der Waals surface area contributed by atoms with Gasteiger partial charge in [-0.15, -0.1) is 0 Å². The normalized spacial score (nSPS) is 20.0. The number of aromatic amines is 1. The van der Waals surface area contributed by atoms with E-state index in [1.807, 2.05) is 12.1 Å². The number of benzene rings is 2. The number of H-pyrrole nitrogens is 1. The van der Waals surface area contributed by atoms with Crippen molar-refractivity contribution in [2.24, 2.45) is 0 Å². The number of hydrogen-bond donors (Lipinski definition) is 3. The Bertz CT molecular complexity index is 954. The highest BCUT2D eigenvalue weighted by Crippen LogP contribution is 2.35. The zero-order valence-electron chi connectivity index (χ0n) is 14.0. The Hall–Kier alpha value is -2.85. The molecule has 0 saturated heterocycles. The van der Waals surface area contributed by atoms with E-state index in [2.05, 4.69) is 53.6 Å². The highest BCUT2D eigenvalue weighted by Gasteiger charge is 2.28. The van der Waals surface area contributed by atoms with Gasteiger partial charge >= 0.3 is 5.97 Å². The van der Waals surface area contributed by atoms with Crippen molar-refractivity contribution in [3.8, 4) is 0 Å². The first kappa shape index (κ1) is 15.7. The van der Waals surface area contributed by atoms with E-state index >= 15 is 0 Å². The number of hydrogen-bond acceptors (Lipinski definition) is 2. The van der Waals surface area contributed by atoms with Gasteiger partial charge in [-0.1, -0.05) is 42.5 Å². The molecule has 3 aromatic rings. The molecule has 2 atom stereocenters. The van der Waals surface area contributed by atoms with Gasteiger partial charge in [0.15, 0.2) is 0 Å². The van der Waals surface area contributed by atoms with Crippen LogP contribution in [0.1, 0.15) is 35.3 Å². The molecule has 0 spiro atoms. The molecule has 0 bridgehead atoms. The van der Waals surface area contributed by atoms with Crippen LogP contribution in [0.25, 0.3) is 17.0 Å². The van der Waals surface area contributed by atoms with E-state index in [-0.39, 0.29) is 6.04 Å². The number of aliphatic carboxylic acids is 1. The van der Waals surface area contributed by atoms with Crippen molar-refractivity contribution in [2.45, 2.75) is 25.4 Å². The van der Waals surface area contributed by atoms with Crippen LogP contribution >= 0.6 is 0 Å². The fourth-order valence-electron chi connectivity index (χ4n) is 3.65. The molecule has 4 nitrogen and oxygen atoms in total. The molecule has 0 unspecified atom stereocenters. The molecule has 2 aromatic carbocycles. The Morgan fingerprint density at radius 3 is 2.68 bits per heavy atom. The number of carboxylic acids is 1. The minimum absolute atomic E-state index is 0.114. The number of aromatic nitrogens is 1. The molecule has 0 aliphatic carbocycles. The Morgan fingerprint density at radius 2 is 1.92 bits per heavy atom. The van der Waals surface area contributed by atoms with Gasteiger partial charge in [-0.2, -0.15) is 0 Å². The van der Waals surface area contributed by atoms with Gasteiger partial charge in [0.05, 0.1) is 6.04 Å². The van der Waals surface area contributed by atoms with Gasteiger partial charge in [-0.3, -0.25) is 0 Å². The maximum Gasteiger partial charge on any atom is 0.328 e. The van der Waals surface area contributed by atoms with Crippen molar-refractivity contribution >= 4 is 22.9 Å². The first-order valence-electron chi connectivity index (χ1n) is 8.48. The lowest BCUT2D eigenvalue weighted by Gasteiger charge is -2.29. The van der Waals surface area contributed by atoms with Gasteiger partial charge < -0.3 is 15.4 Å². The van der Waals surface area contributed by atoms with Gasteiger partial charge in [-0.05, 0) is 42.2 Å². The molecule has 4 rings (SSSR count). The molecule has 126 valence electrons. The van der Waals surface area contributed by atoms with Gasteiger partial charge in [0.2, 0.25) is 0 Å². The molecule has 25 heavy (non-hydrogen) atoms. The maximum absolute atomic E-state index is 10.6. The molecule has 0 radical (unpaired) electrons. The summed E-state index contributed by atoms with van der Waals surface area (Å²) in [5.41, 5.74) is 5.85. The molecule has 1 aromatic heterocycles. The second-order valence-corrected chi connectivity index (χ2v) is 6.61. The summed E-state index contributed by atoms with van der Waals surface area (Å²) >= 11 is 0. The largest absolute Gasteiger partial charge is 0.478 e. The van der Waals surface area contributed by atoms with Crippen LogP contribution in [0, 0.1) is 0 Å². The molecule has 0 saturated carbocycles. The third kappa shape index (κ3) is 2.96. The maximum atomic E-state index is 10.6. The third-order valence-corrected chi connectivity index (χ3v) is 4.78. The van der Waals surface area contributed by atoms with Crippen LogP contribution in [0.4, 0.5) is 0 Å². The monoisotopic (exact) mass is 332 g/mol. The third-order valence-electron chi connectivity index (χ3n) is 4.78. The van der Waals surface area contributed by atoms with E-state index in [1.54, 1.807) is 6.08 Å². The summed E-state index contributed by atoms with van der Waals surface area (Å²) in [6.45, 7) is 2.21. The Labute approximate surface area is 146 Å². The van der Waals surface area contributed by atoms with Crippen LogP contribution in [0.2, 0.25) is 0 Å². The molecule has 3 N–H and O–H groups in total. The molecule has 0 fully saturated rings. The molecule has 2 heterocycles. The lowest BCUT2D eigenvalue weighted by molar-refractivity contribution is -0.131. The van der Waals surface area contributed by atoms with Crippen molar-refractivity contribution in [1.82, 2.24) is 10.3 Å². The number of para-hydroxylation sites is 1. The predicted octanol–water partition coefficient (Wildman–Crippen LogP) is 3.89. The fraction of sp³-hybridized carbons (Fsp3) is 0.190. The van der Waals surface area contributed by atoms with Crippen molar-refractivity contribution in [2.75, 3.05) is 0 Å². The zero-order valence-corrected chi connectivity index (χ0v) is 14.0. The van der Waals surface area contributed by atoms with Crippen LogP contribution in [0.5, 0.6) is 0 Å². The molecule has 1 aliphatic rings. The van der Waals surface area contributed by atoms with Crippen LogP contribution in [0.3, 0.4) is 0 Å². The summed E-state index contributed by atoms with van der Waals surface area (Å²) in [7, 11) is 0. The van der Waals surface area contributed by atoms with E-state index in [1.165, 1.54) is 27.7 Å². The number of carbonyl (C=O) groups is 1. The summed E-state index contributed by atoms with van der Waals surface area (Å²) < 4.78 is 0. The van der Waals surface area contributed by atoms with Crippen LogP contribution < -0.4 is 5.32 Å². The van der Waals surface area contributed by atoms with E-state index in [4.69, 9.17) is 5.11 Å². The summed E-state index contributed by atoms with van der Waals surface area (Å²) in [6.07, 6.45) is 3.78.